The number of aromatic nitrogens is 2. The van der Waals surface area contributed by atoms with Gasteiger partial charge in [-0.15, -0.1) is 0 Å². The second kappa shape index (κ2) is 5.56. The Hall–Kier alpha value is -1.36. The Morgan fingerprint density at radius 1 is 1.40 bits per heavy atom. The van der Waals surface area contributed by atoms with Gasteiger partial charge in [0.05, 0.1) is 12.2 Å². The number of hydrogen-bond donors (Lipinski definition) is 1. The van der Waals surface area contributed by atoms with Crippen LogP contribution in [0.25, 0.3) is 0 Å². The maximum atomic E-state index is 12.9. The van der Waals surface area contributed by atoms with Crippen molar-refractivity contribution in [3.05, 3.63) is 18.0 Å². The molecule has 0 aromatic carbocycles. The Morgan fingerprint density at radius 2 is 2.25 bits per heavy atom. The largest absolute Gasteiger partial charge is 0.335 e. The lowest BCUT2D eigenvalue weighted by molar-refractivity contribution is -0.137. The summed E-state index contributed by atoms with van der Waals surface area (Å²) in [5, 5.41) is 4.24. The smallest absolute Gasteiger partial charge is 0.226 e. The summed E-state index contributed by atoms with van der Waals surface area (Å²) in [6, 6.07) is 0.218. The van der Waals surface area contributed by atoms with E-state index in [-0.39, 0.29) is 12.0 Å². The molecule has 3 rings (SSSR count). The molecule has 1 saturated carbocycles. The third-order valence-electron chi connectivity index (χ3n) is 4.92. The molecule has 2 fully saturated rings. The highest BCUT2D eigenvalue weighted by Gasteiger charge is 2.39. The van der Waals surface area contributed by atoms with Crippen molar-refractivity contribution in [3.8, 4) is 0 Å². The average molecular weight is 276 g/mol. The van der Waals surface area contributed by atoms with Crippen molar-refractivity contribution in [1.29, 1.82) is 0 Å². The first kappa shape index (κ1) is 13.6. The maximum absolute atomic E-state index is 12.9. The normalized spacial score (nSPS) is 30.1. The van der Waals surface area contributed by atoms with Crippen molar-refractivity contribution in [1.82, 2.24) is 14.7 Å². The van der Waals surface area contributed by atoms with Crippen molar-refractivity contribution in [2.45, 2.75) is 38.1 Å². The Bertz CT molecular complexity index is 484. The first-order valence-corrected chi connectivity index (χ1v) is 7.70. The van der Waals surface area contributed by atoms with E-state index in [1.165, 1.54) is 5.56 Å². The second-order valence-electron chi connectivity index (χ2n) is 6.17. The molecule has 5 heteroatoms. The van der Waals surface area contributed by atoms with Crippen LogP contribution in [0.4, 0.5) is 0 Å². The fourth-order valence-electron chi connectivity index (χ4n) is 3.85. The second-order valence-corrected chi connectivity index (χ2v) is 6.17. The van der Waals surface area contributed by atoms with Gasteiger partial charge in [0.2, 0.25) is 5.91 Å². The predicted molar refractivity (Wildman–Crippen MR) is 76.8 cm³/mol. The number of carbonyl (C=O) groups is 1. The molecule has 20 heavy (non-hydrogen) atoms. The number of nitrogens with two attached hydrogens (primary N) is 1. The number of carbonyl (C=O) groups excluding carboxylic acids is 1. The highest BCUT2D eigenvalue weighted by Crippen LogP contribution is 2.38. The van der Waals surface area contributed by atoms with Gasteiger partial charge in [-0.05, 0) is 38.1 Å². The molecule has 1 aliphatic carbocycles. The van der Waals surface area contributed by atoms with E-state index in [4.69, 9.17) is 5.73 Å². The van der Waals surface area contributed by atoms with Gasteiger partial charge in [0, 0.05) is 31.3 Å². The summed E-state index contributed by atoms with van der Waals surface area (Å²) in [4.78, 5) is 14.9. The summed E-state index contributed by atoms with van der Waals surface area (Å²) in [5.74, 6) is 0.860. The molecule has 1 saturated heterocycles. The standard InChI is InChI=1S/C15H24N4O/c1-18-10-12(9-17-18)14-6-3-7-19(14)15(20)13-5-2-4-11(13)8-16/h9-11,13-14H,2-8,16H2,1H3/t11-,13-,14?/m1/s1. The molecule has 1 aliphatic heterocycles. The van der Waals surface area contributed by atoms with Gasteiger partial charge < -0.3 is 10.6 Å². The summed E-state index contributed by atoms with van der Waals surface area (Å²) < 4.78 is 1.81. The van der Waals surface area contributed by atoms with Crippen molar-refractivity contribution in [2.75, 3.05) is 13.1 Å². The number of hydrogen-bond acceptors (Lipinski definition) is 3. The van der Waals surface area contributed by atoms with Crippen LogP contribution >= 0.6 is 0 Å². The minimum atomic E-state index is 0.150. The fraction of sp³-hybridized carbons (Fsp3) is 0.733. The van der Waals surface area contributed by atoms with E-state index in [1.54, 1.807) is 0 Å². The highest BCUT2D eigenvalue weighted by molar-refractivity contribution is 5.80. The molecule has 110 valence electrons. The van der Waals surface area contributed by atoms with Gasteiger partial charge in [0.25, 0.3) is 0 Å². The maximum Gasteiger partial charge on any atom is 0.226 e. The van der Waals surface area contributed by atoms with E-state index >= 15 is 0 Å². The van der Waals surface area contributed by atoms with Crippen molar-refractivity contribution in [3.63, 3.8) is 0 Å². The third kappa shape index (κ3) is 2.35. The van der Waals surface area contributed by atoms with E-state index in [0.29, 0.717) is 18.4 Å². The van der Waals surface area contributed by atoms with Gasteiger partial charge in [0.15, 0.2) is 0 Å². The molecule has 2 heterocycles. The summed E-state index contributed by atoms with van der Waals surface area (Å²) in [6.45, 7) is 1.52. The lowest BCUT2D eigenvalue weighted by Crippen LogP contribution is -2.38. The van der Waals surface area contributed by atoms with Gasteiger partial charge >= 0.3 is 0 Å². The first-order chi connectivity index (χ1) is 9.70. The molecule has 5 nitrogen and oxygen atoms in total. The van der Waals surface area contributed by atoms with Gasteiger partial charge in [-0.3, -0.25) is 9.48 Å². The molecule has 3 atom stereocenters. The van der Waals surface area contributed by atoms with Gasteiger partial charge in [-0.25, -0.2) is 0 Å². The lowest BCUT2D eigenvalue weighted by Gasteiger charge is -2.29. The van der Waals surface area contributed by atoms with Crippen molar-refractivity contribution >= 4 is 5.91 Å². The molecule has 1 amide bonds. The number of rotatable bonds is 3. The summed E-state index contributed by atoms with van der Waals surface area (Å²) in [7, 11) is 1.92. The van der Waals surface area contributed by atoms with Crippen LogP contribution in [0, 0.1) is 11.8 Å². The van der Waals surface area contributed by atoms with Crippen LogP contribution in [0.3, 0.4) is 0 Å². The Labute approximate surface area is 120 Å². The zero-order valence-electron chi connectivity index (χ0n) is 12.2. The van der Waals surface area contributed by atoms with Crippen molar-refractivity contribution in [2.24, 2.45) is 24.6 Å². The zero-order valence-corrected chi connectivity index (χ0v) is 12.2. The highest BCUT2D eigenvalue weighted by atomic mass is 16.2. The minimum absolute atomic E-state index is 0.150. The average Bonchev–Trinajstić information content (AvgIpc) is 3.17. The molecule has 1 aromatic rings. The topological polar surface area (TPSA) is 64.2 Å². The molecule has 1 aromatic heterocycles. The third-order valence-corrected chi connectivity index (χ3v) is 4.92. The van der Waals surface area contributed by atoms with Crippen LogP contribution in [-0.4, -0.2) is 33.7 Å². The number of likely N-dealkylation sites (tertiary alicyclic amines) is 1. The van der Waals surface area contributed by atoms with Crippen LogP contribution in [-0.2, 0) is 11.8 Å². The fourth-order valence-corrected chi connectivity index (χ4v) is 3.85. The van der Waals surface area contributed by atoms with E-state index in [0.717, 1.165) is 38.6 Å². The Kier molecular flexibility index (Phi) is 3.78. The van der Waals surface area contributed by atoms with E-state index in [2.05, 4.69) is 10.00 Å². The Balaban J connectivity index is 1.76. The number of nitrogens with zero attached hydrogens (tertiary/aromatic N) is 3. The molecular formula is C15H24N4O. The number of amides is 1. The molecule has 2 aliphatic rings. The summed E-state index contributed by atoms with van der Waals surface area (Å²) in [5.41, 5.74) is 6.99. The first-order valence-electron chi connectivity index (χ1n) is 7.70. The molecule has 2 N–H and O–H groups in total. The Morgan fingerprint density at radius 3 is 2.95 bits per heavy atom. The monoisotopic (exact) mass is 276 g/mol. The quantitative estimate of drug-likeness (QED) is 0.909. The van der Waals surface area contributed by atoms with Crippen LogP contribution in [0.15, 0.2) is 12.4 Å². The summed E-state index contributed by atoms with van der Waals surface area (Å²) >= 11 is 0. The predicted octanol–water partition coefficient (Wildman–Crippen LogP) is 1.46. The van der Waals surface area contributed by atoms with E-state index < -0.39 is 0 Å². The van der Waals surface area contributed by atoms with E-state index in [9.17, 15) is 4.79 Å². The molecule has 0 bridgehead atoms. The van der Waals surface area contributed by atoms with E-state index in [1.807, 2.05) is 24.1 Å². The van der Waals surface area contributed by atoms with Crippen LogP contribution in [0.1, 0.15) is 43.7 Å². The minimum Gasteiger partial charge on any atom is -0.335 e. The van der Waals surface area contributed by atoms with Crippen molar-refractivity contribution < 1.29 is 4.79 Å². The molecular weight excluding hydrogens is 252 g/mol. The molecule has 0 spiro atoms. The lowest BCUT2D eigenvalue weighted by atomic mass is 9.94. The van der Waals surface area contributed by atoms with Gasteiger partial charge in [-0.1, -0.05) is 6.42 Å². The van der Waals surface area contributed by atoms with Crippen LogP contribution in [0.5, 0.6) is 0 Å². The molecule has 0 radical (unpaired) electrons. The molecule has 1 unspecified atom stereocenters. The van der Waals surface area contributed by atoms with Gasteiger partial charge in [0.1, 0.15) is 0 Å². The number of aryl methyl sites for hydroxylation is 1. The van der Waals surface area contributed by atoms with Crippen LogP contribution < -0.4 is 5.73 Å². The zero-order chi connectivity index (χ0) is 14.1. The SMILES string of the molecule is Cn1cc(C2CCCN2C(=O)[C@@H]2CCC[C@@H]2CN)cn1. The van der Waals surface area contributed by atoms with Gasteiger partial charge in [-0.2, -0.15) is 5.10 Å². The van der Waals surface area contributed by atoms with Crippen LogP contribution in [0.2, 0.25) is 0 Å². The summed E-state index contributed by atoms with van der Waals surface area (Å²) in [6.07, 6.45) is 9.33.